The molecule has 0 saturated carbocycles. The molecule has 0 aliphatic heterocycles. The predicted molar refractivity (Wildman–Crippen MR) is 84.6 cm³/mol. The van der Waals surface area contributed by atoms with Crippen LogP contribution in [-0.2, 0) is 4.74 Å². The van der Waals surface area contributed by atoms with Crippen LogP contribution in [0.4, 0.5) is 15.9 Å². The van der Waals surface area contributed by atoms with Gasteiger partial charge in [-0.3, -0.25) is 0 Å². The number of hydrogen-bond acceptors (Lipinski definition) is 6. The van der Waals surface area contributed by atoms with Crippen LogP contribution in [0.2, 0.25) is 5.15 Å². The monoisotopic (exact) mass is 338 g/mol. The van der Waals surface area contributed by atoms with Crippen molar-refractivity contribution in [2.24, 2.45) is 0 Å². The number of rotatable bonds is 5. The fraction of sp³-hybridized carbons (Fsp3) is 0.333. The van der Waals surface area contributed by atoms with Gasteiger partial charge in [-0.25, -0.2) is 14.2 Å². The summed E-state index contributed by atoms with van der Waals surface area (Å²) in [6.07, 6.45) is 0. The highest BCUT2D eigenvalue weighted by molar-refractivity contribution is 6.29. The molecule has 0 saturated heterocycles. The van der Waals surface area contributed by atoms with Gasteiger partial charge in [0.15, 0.2) is 10.8 Å². The molecule has 0 radical (unpaired) electrons. The van der Waals surface area contributed by atoms with E-state index in [0.29, 0.717) is 11.5 Å². The van der Waals surface area contributed by atoms with E-state index in [1.807, 2.05) is 13.8 Å². The molecular weight excluding hydrogens is 323 g/mol. The first-order valence-corrected chi connectivity index (χ1v) is 7.44. The third-order valence-corrected chi connectivity index (χ3v) is 3.10. The molecule has 2 rings (SSSR count). The summed E-state index contributed by atoms with van der Waals surface area (Å²) in [5, 5.41) is 10.4. The molecule has 122 valence electrons. The second-order valence-electron chi connectivity index (χ2n) is 4.99. The minimum atomic E-state index is -0.634. The van der Waals surface area contributed by atoms with Gasteiger partial charge in [0.05, 0.1) is 18.0 Å². The summed E-state index contributed by atoms with van der Waals surface area (Å²) in [7, 11) is 0. The van der Waals surface area contributed by atoms with Gasteiger partial charge >= 0.3 is 5.97 Å². The number of anilines is 2. The molecule has 2 aromatic rings. The van der Waals surface area contributed by atoms with E-state index in [4.69, 9.17) is 16.3 Å². The van der Waals surface area contributed by atoms with E-state index in [2.05, 4.69) is 20.5 Å². The quantitative estimate of drug-likeness (QED) is 0.837. The highest BCUT2D eigenvalue weighted by Gasteiger charge is 2.17. The van der Waals surface area contributed by atoms with Gasteiger partial charge in [0, 0.05) is 6.07 Å². The number of hydrogen-bond donors (Lipinski definition) is 1. The molecule has 0 aromatic carbocycles. The summed E-state index contributed by atoms with van der Waals surface area (Å²) in [5.41, 5.74) is 0.589. The first-order valence-electron chi connectivity index (χ1n) is 7.06. The molecule has 0 bridgehead atoms. The van der Waals surface area contributed by atoms with Crippen molar-refractivity contribution in [1.82, 2.24) is 15.2 Å². The minimum Gasteiger partial charge on any atom is -0.461 e. The third-order valence-electron chi connectivity index (χ3n) is 2.92. The molecule has 0 unspecified atom stereocenters. The largest absolute Gasteiger partial charge is 0.461 e. The van der Waals surface area contributed by atoms with Crippen LogP contribution in [0.1, 0.15) is 42.9 Å². The summed E-state index contributed by atoms with van der Waals surface area (Å²) in [6, 6.07) is 4.20. The highest BCUT2D eigenvalue weighted by Crippen LogP contribution is 2.24. The van der Waals surface area contributed by atoms with Gasteiger partial charge in [0.2, 0.25) is 0 Å². The molecule has 0 fully saturated rings. The molecule has 1 N–H and O–H groups in total. The zero-order valence-corrected chi connectivity index (χ0v) is 13.7. The molecule has 8 heteroatoms. The second kappa shape index (κ2) is 7.32. The van der Waals surface area contributed by atoms with Gasteiger partial charge in [-0.05, 0) is 25.0 Å². The van der Waals surface area contributed by atoms with Gasteiger partial charge in [-0.2, -0.15) is 0 Å². The van der Waals surface area contributed by atoms with E-state index in [1.165, 1.54) is 18.2 Å². The van der Waals surface area contributed by atoms with Gasteiger partial charge in [-0.15, -0.1) is 10.2 Å². The van der Waals surface area contributed by atoms with Crippen molar-refractivity contribution in [1.29, 1.82) is 0 Å². The number of carbonyl (C=O) groups excluding carboxylic acids is 1. The fourth-order valence-electron chi connectivity index (χ4n) is 1.88. The van der Waals surface area contributed by atoms with Crippen molar-refractivity contribution in [2.45, 2.75) is 26.7 Å². The summed E-state index contributed by atoms with van der Waals surface area (Å²) in [6.45, 7) is 5.56. The molecule has 0 spiro atoms. The van der Waals surface area contributed by atoms with Gasteiger partial charge in [0.1, 0.15) is 11.6 Å². The Labute approximate surface area is 138 Å². The fourth-order valence-corrected chi connectivity index (χ4v) is 2.03. The van der Waals surface area contributed by atoms with Crippen LogP contribution < -0.4 is 5.32 Å². The summed E-state index contributed by atoms with van der Waals surface area (Å²) in [4.78, 5) is 16.1. The van der Waals surface area contributed by atoms with E-state index in [-0.39, 0.29) is 34.9 Å². The number of nitrogens with zero attached hydrogens (tertiary/aromatic N) is 3. The summed E-state index contributed by atoms with van der Waals surface area (Å²) < 4.78 is 18.6. The maximum atomic E-state index is 13.7. The number of pyridine rings is 1. The Morgan fingerprint density at radius 1 is 1.39 bits per heavy atom. The summed E-state index contributed by atoms with van der Waals surface area (Å²) >= 11 is 5.83. The van der Waals surface area contributed by atoms with E-state index in [9.17, 15) is 9.18 Å². The number of nitrogens with one attached hydrogen (secondary N) is 1. The van der Waals surface area contributed by atoms with Crippen molar-refractivity contribution in [3.8, 4) is 0 Å². The molecular formula is C15H16ClFN4O2. The molecule has 0 aliphatic carbocycles. The van der Waals surface area contributed by atoms with E-state index >= 15 is 0 Å². The zero-order valence-electron chi connectivity index (χ0n) is 12.9. The molecule has 0 amide bonds. The van der Waals surface area contributed by atoms with Crippen LogP contribution in [0.5, 0.6) is 0 Å². The van der Waals surface area contributed by atoms with E-state index in [0.717, 1.165) is 0 Å². The van der Waals surface area contributed by atoms with E-state index in [1.54, 1.807) is 6.92 Å². The van der Waals surface area contributed by atoms with Crippen LogP contribution in [-0.4, -0.2) is 27.8 Å². The highest BCUT2D eigenvalue weighted by atomic mass is 35.5. The van der Waals surface area contributed by atoms with Crippen molar-refractivity contribution in [3.63, 3.8) is 0 Å². The number of halogens is 2. The standard InChI is InChI=1S/C15H16ClFN4O2/c1-4-23-15(22)14-10(7-11(16)20-21-14)18-12-6-5-9(17)13(19-12)8(2)3/h5-8H,4H2,1-3H3,(H,18,19,20). The van der Waals surface area contributed by atoms with Gasteiger partial charge in [0.25, 0.3) is 0 Å². The van der Waals surface area contributed by atoms with Crippen LogP contribution in [0, 0.1) is 5.82 Å². The Bertz CT molecular complexity index is 725. The lowest BCUT2D eigenvalue weighted by Crippen LogP contribution is -2.12. The van der Waals surface area contributed by atoms with Crippen molar-refractivity contribution < 1.29 is 13.9 Å². The Hall–Kier alpha value is -2.28. The summed E-state index contributed by atoms with van der Waals surface area (Å²) in [5.74, 6) is -0.738. The molecule has 6 nitrogen and oxygen atoms in total. The van der Waals surface area contributed by atoms with Gasteiger partial charge in [-0.1, -0.05) is 25.4 Å². The lowest BCUT2D eigenvalue weighted by molar-refractivity contribution is 0.0519. The number of esters is 1. The molecule has 0 aliphatic rings. The van der Waals surface area contributed by atoms with Crippen LogP contribution >= 0.6 is 11.6 Å². The lowest BCUT2D eigenvalue weighted by Gasteiger charge is -2.12. The van der Waals surface area contributed by atoms with E-state index < -0.39 is 5.97 Å². The smallest absolute Gasteiger partial charge is 0.361 e. The van der Waals surface area contributed by atoms with Gasteiger partial charge < -0.3 is 10.1 Å². The predicted octanol–water partition coefficient (Wildman–Crippen LogP) is 3.71. The number of aromatic nitrogens is 3. The Balaban J connectivity index is 2.38. The molecule has 0 atom stereocenters. The lowest BCUT2D eigenvalue weighted by atomic mass is 10.1. The zero-order chi connectivity index (χ0) is 17.0. The third kappa shape index (κ3) is 4.13. The number of ether oxygens (including phenoxy) is 1. The topological polar surface area (TPSA) is 77.0 Å². The van der Waals surface area contributed by atoms with Crippen molar-refractivity contribution >= 4 is 29.1 Å². The second-order valence-corrected chi connectivity index (χ2v) is 5.38. The Morgan fingerprint density at radius 3 is 2.78 bits per heavy atom. The van der Waals surface area contributed by atoms with Crippen LogP contribution in [0.15, 0.2) is 18.2 Å². The average Bonchev–Trinajstić information content (AvgIpc) is 2.49. The normalized spacial score (nSPS) is 10.7. The Morgan fingerprint density at radius 2 is 2.13 bits per heavy atom. The molecule has 2 heterocycles. The first kappa shape index (κ1) is 17.1. The average molecular weight is 339 g/mol. The van der Waals surface area contributed by atoms with Crippen molar-refractivity contribution in [3.05, 3.63) is 40.6 Å². The molecule has 23 heavy (non-hydrogen) atoms. The Kier molecular flexibility index (Phi) is 5.44. The number of carbonyl (C=O) groups is 1. The first-order chi connectivity index (χ1) is 10.9. The SMILES string of the molecule is CCOC(=O)c1nnc(Cl)cc1Nc1ccc(F)c(C(C)C)n1. The molecule has 2 aromatic heterocycles. The van der Waals surface area contributed by atoms with Crippen LogP contribution in [0.25, 0.3) is 0 Å². The maximum Gasteiger partial charge on any atom is 0.361 e. The maximum absolute atomic E-state index is 13.7. The van der Waals surface area contributed by atoms with Crippen LogP contribution in [0.3, 0.4) is 0 Å². The van der Waals surface area contributed by atoms with Crippen molar-refractivity contribution in [2.75, 3.05) is 11.9 Å². The minimum absolute atomic E-state index is 0.0199.